The minimum absolute atomic E-state index is 0.00945. The van der Waals surface area contributed by atoms with E-state index in [-0.39, 0.29) is 21.1 Å². The highest BCUT2D eigenvalue weighted by molar-refractivity contribution is 6.78. The Labute approximate surface area is 178 Å². The van der Waals surface area contributed by atoms with Crippen molar-refractivity contribution in [3.63, 3.8) is 0 Å². The quantitative estimate of drug-likeness (QED) is 0.451. The van der Waals surface area contributed by atoms with Gasteiger partial charge in [-0.15, -0.1) is 0 Å². The Morgan fingerprint density at radius 2 is 1.14 bits per heavy atom. The van der Waals surface area contributed by atoms with Crippen molar-refractivity contribution in [2.24, 2.45) is 0 Å². The summed E-state index contributed by atoms with van der Waals surface area (Å²) in [6.45, 7) is 33.6. The Kier molecular flexibility index (Phi) is 8.66. The molecule has 0 bridgehead atoms. The Balaban J connectivity index is 5.66. The van der Waals surface area contributed by atoms with Crippen LogP contribution < -0.4 is 4.98 Å². The van der Waals surface area contributed by atoms with E-state index in [2.05, 4.69) is 107 Å². The van der Waals surface area contributed by atoms with Crippen LogP contribution in [0.5, 0.6) is 0 Å². The minimum atomic E-state index is -2.18. The summed E-state index contributed by atoms with van der Waals surface area (Å²) < 4.78 is 12.6. The summed E-state index contributed by atoms with van der Waals surface area (Å²) in [4.78, 5) is 17.0. The zero-order valence-electron chi connectivity index (χ0n) is 21.5. The fraction of sp³-hybridized carbons (Fsp3) is 0.952. The molecule has 0 aromatic carbocycles. The van der Waals surface area contributed by atoms with Crippen molar-refractivity contribution in [1.29, 1.82) is 0 Å². The number of carbonyl (C=O) groups is 1. The number of rotatable bonds is 7. The molecule has 0 heterocycles. The first-order valence-corrected chi connectivity index (χ1v) is 19.4. The Morgan fingerprint density at radius 1 is 0.750 bits per heavy atom. The van der Waals surface area contributed by atoms with Crippen molar-refractivity contribution >= 4 is 30.8 Å². The molecule has 0 aliphatic heterocycles. The van der Waals surface area contributed by atoms with Crippen LogP contribution >= 0.6 is 0 Å². The molecule has 1 N–H and O–H groups in total. The fourth-order valence-corrected chi connectivity index (χ4v) is 5.28. The van der Waals surface area contributed by atoms with E-state index in [9.17, 15) is 4.79 Å². The van der Waals surface area contributed by atoms with Gasteiger partial charge in [0.15, 0.2) is 8.32 Å². The fourth-order valence-electron chi connectivity index (χ4n) is 1.80. The largest absolute Gasteiger partial charge is 0.518 e. The van der Waals surface area contributed by atoms with E-state index < -0.39 is 30.9 Å². The second-order valence-electron chi connectivity index (χ2n) is 12.8. The predicted molar refractivity (Wildman–Crippen MR) is 131 cm³/mol. The van der Waals surface area contributed by atoms with E-state index in [0.717, 1.165) is 0 Å². The first-order valence-electron chi connectivity index (χ1n) is 10.6. The lowest BCUT2D eigenvalue weighted by Crippen LogP contribution is -2.62. The molecule has 0 amide bonds. The minimum Gasteiger partial charge on any atom is -0.518 e. The van der Waals surface area contributed by atoms with Gasteiger partial charge < -0.3 is 13.8 Å². The third-order valence-corrected chi connectivity index (χ3v) is 20.9. The van der Waals surface area contributed by atoms with Gasteiger partial charge in [0.2, 0.25) is 0 Å². The van der Waals surface area contributed by atoms with Crippen LogP contribution in [0.2, 0.25) is 54.4 Å². The SMILES string of the molecule is CC(C)(C)[Si](C)(C)NC(CO[Si](C)(C)C(C)(C)C)C(=O)O[Si](C)(C)C(C)(C)C. The summed E-state index contributed by atoms with van der Waals surface area (Å²) in [5.41, 5.74) is 0. The van der Waals surface area contributed by atoms with Crippen molar-refractivity contribution in [2.45, 2.75) is 123 Å². The highest BCUT2D eigenvalue weighted by Gasteiger charge is 2.45. The Bertz CT molecular complexity index is 539. The molecule has 1 atom stereocenters. The lowest BCUT2D eigenvalue weighted by molar-refractivity contribution is -0.138. The van der Waals surface area contributed by atoms with Gasteiger partial charge in [-0.25, -0.2) is 0 Å². The van der Waals surface area contributed by atoms with Gasteiger partial charge in [-0.2, -0.15) is 0 Å². The van der Waals surface area contributed by atoms with E-state index in [1.165, 1.54) is 0 Å². The summed E-state index contributed by atoms with van der Waals surface area (Å²) in [5.74, 6) is -0.143. The van der Waals surface area contributed by atoms with Gasteiger partial charge in [0.1, 0.15) is 14.3 Å². The highest BCUT2D eigenvalue weighted by Crippen LogP contribution is 2.39. The number of carbonyl (C=O) groups excluding carboxylic acids is 1. The highest BCUT2D eigenvalue weighted by atomic mass is 28.4. The molecular weight excluding hydrogens is 398 g/mol. The van der Waals surface area contributed by atoms with Crippen LogP contribution in [0.25, 0.3) is 0 Å². The molecule has 0 spiro atoms. The van der Waals surface area contributed by atoms with Crippen LogP contribution in [0.1, 0.15) is 62.3 Å². The average molecular weight is 448 g/mol. The maximum absolute atomic E-state index is 13.3. The molecular formula is C21H49NO3Si3. The molecule has 4 nitrogen and oxygen atoms in total. The number of nitrogens with one attached hydrogen (secondary N) is 1. The number of hydrogen-bond acceptors (Lipinski definition) is 4. The molecule has 1 unspecified atom stereocenters. The topological polar surface area (TPSA) is 47.6 Å². The summed E-state index contributed by atoms with van der Waals surface area (Å²) in [6.07, 6.45) is 0. The van der Waals surface area contributed by atoms with E-state index in [0.29, 0.717) is 6.61 Å². The Morgan fingerprint density at radius 3 is 1.46 bits per heavy atom. The lowest BCUT2D eigenvalue weighted by Gasteiger charge is -2.43. The van der Waals surface area contributed by atoms with Gasteiger partial charge in [-0.05, 0) is 41.3 Å². The van der Waals surface area contributed by atoms with Gasteiger partial charge in [0.25, 0.3) is 8.32 Å². The van der Waals surface area contributed by atoms with Crippen LogP contribution in [-0.2, 0) is 13.6 Å². The molecule has 0 radical (unpaired) electrons. The van der Waals surface area contributed by atoms with Gasteiger partial charge in [0.05, 0.1) is 6.61 Å². The zero-order valence-corrected chi connectivity index (χ0v) is 24.5. The van der Waals surface area contributed by atoms with Crippen molar-refractivity contribution < 1.29 is 13.6 Å². The maximum atomic E-state index is 13.3. The van der Waals surface area contributed by atoms with Gasteiger partial charge in [0, 0.05) is 0 Å². The molecule has 0 rings (SSSR count). The standard InChI is InChI=1S/C21H49NO3Si3/c1-19(2,3)26(10,11)22-17(16-24-27(12,13)20(4,5)6)18(23)25-28(14,15)21(7,8)9/h17,22H,16H2,1-15H3. The van der Waals surface area contributed by atoms with Crippen molar-refractivity contribution in [2.75, 3.05) is 6.61 Å². The molecule has 0 aliphatic carbocycles. The van der Waals surface area contributed by atoms with Gasteiger partial charge >= 0.3 is 5.97 Å². The van der Waals surface area contributed by atoms with E-state index >= 15 is 0 Å². The summed E-state index contributed by atoms with van der Waals surface area (Å²) in [5, 5.41) is 0.224. The van der Waals surface area contributed by atoms with E-state index in [1.54, 1.807) is 0 Å². The molecule has 0 aromatic heterocycles. The molecule has 28 heavy (non-hydrogen) atoms. The normalized spacial score (nSPS) is 16.1. The van der Waals surface area contributed by atoms with Crippen molar-refractivity contribution in [3.8, 4) is 0 Å². The first-order chi connectivity index (χ1) is 11.9. The summed E-state index contributed by atoms with van der Waals surface area (Å²) in [7, 11) is -6.03. The third-order valence-electron chi connectivity index (χ3n) is 7.27. The van der Waals surface area contributed by atoms with Gasteiger partial charge in [-0.3, -0.25) is 4.79 Å². The second-order valence-corrected chi connectivity index (χ2v) is 27.4. The molecule has 0 saturated heterocycles. The summed E-state index contributed by atoms with van der Waals surface area (Å²) >= 11 is 0. The molecule has 168 valence electrons. The first kappa shape index (κ1) is 28.0. The summed E-state index contributed by atoms with van der Waals surface area (Å²) in [6, 6.07) is -0.413. The molecule has 0 saturated carbocycles. The average Bonchev–Trinajstić information content (AvgIpc) is 2.38. The van der Waals surface area contributed by atoms with Crippen LogP contribution in [0.15, 0.2) is 0 Å². The Hall–Kier alpha value is 0.0406. The molecule has 7 heteroatoms. The van der Waals surface area contributed by atoms with Crippen molar-refractivity contribution in [1.82, 2.24) is 4.98 Å². The van der Waals surface area contributed by atoms with E-state index in [4.69, 9.17) is 8.85 Å². The second kappa shape index (κ2) is 8.65. The van der Waals surface area contributed by atoms with E-state index in [1.807, 2.05) is 0 Å². The van der Waals surface area contributed by atoms with Gasteiger partial charge in [-0.1, -0.05) is 75.4 Å². The molecule has 0 fully saturated rings. The monoisotopic (exact) mass is 447 g/mol. The predicted octanol–water partition coefficient (Wildman–Crippen LogP) is 6.52. The zero-order chi connectivity index (χ0) is 23.0. The smallest absolute Gasteiger partial charge is 0.311 e. The maximum Gasteiger partial charge on any atom is 0.311 e. The number of hydrogen-bond donors (Lipinski definition) is 1. The molecule has 0 aliphatic rings. The van der Waals surface area contributed by atoms with Crippen LogP contribution in [0.4, 0.5) is 0 Å². The molecule has 0 aromatic rings. The van der Waals surface area contributed by atoms with Crippen LogP contribution in [0.3, 0.4) is 0 Å². The van der Waals surface area contributed by atoms with Crippen molar-refractivity contribution in [3.05, 3.63) is 0 Å². The van der Waals surface area contributed by atoms with Crippen LogP contribution in [0, 0.1) is 0 Å². The third kappa shape index (κ3) is 7.38. The lowest BCUT2D eigenvalue weighted by atomic mass is 10.2. The van der Waals surface area contributed by atoms with Crippen LogP contribution in [-0.4, -0.2) is 43.5 Å².